The number of thiophene rings is 1. The van der Waals surface area contributed by atoms with Crippen LogP contribution in [0, 0.1) is 6.92 Å². The third-order valence-corrected chi connectivity index (χ3v) is 4.18. The lowest BCUT2D eigenvalue weighted by Gasteiger charge is -2.13. The van der Waals surface area contributed by atoms with Crippen molar-refractivity contribution in [3.63, 3.8) is 0 Å². The van der Waals surface area contributed by atoms with E-state index in [0.29, 0.717) is 6.54 Å². The number of rotatable bonds is 6. The number of thioether (sulfide) groups is 1. The predicted molar refractivity (Wildman–Crippen MR) is 76.9 cm³/mol. The molecule has 0 saturated heterocycles. The largest absolute Gasteiger partial charge is 0.336 e. The number of urea groups is 1. The molecule has 5 heteroatoms. The van der Waals surface area contributed by atoms with Gasteiger partial charge >= 0.3 is 6.03 Å². The Morgan fingerprint density at radius 1 is 1.59 bits per heavy atom. The second-order valence-electron chi connectivity index (χ2n) is 4.04. The lowest BCUT2D eigenvalue weighted by atomic mass is 10.2. The SMILES string of the molecule is CSCCC(C)NC(=O)NCc1sccc1C. The molecule has 0 spiro atoms. The van der Waals surface area contributed by atoms with Crippen LogP contribution in [0.1, 0.15) is 23.8 Å². The third kappa shape index (κ3) is 5.46. The molecule has 0 radical (unpaired) electrons. The summed E-state index contributed by atoms with van der Waals surface area (Å²) >= 11 is 3.48. The first-order valence-corrected chi connectivity index (χ1v) is 7.97. The fourth-order valence-corrected chi connectivity index (χ4v) is 2.82. The van der Waals surface area contributed by atoms with E-state index in [0.717, 1.165) is 12.2 Å². The minimum Gasteiger partial charge on any atom is -0.336 e. The van der Waals surface area contributed by atoms with Crippen molar-refractivity contribution in [2.24, 2.45) is 0 Å². The summed E-state index contributed by atoms with van der Waals surface area (Å²) in [5.74, 6) is 1.07. The van der Waals surface area contributed by atoms with Gasteiger partial charge in [0.05, 0.1) is 6.54 Å². The summed E-state index contributed by atoms with van der Waals surface area (Å²) in [6, 6.07) is 2.22. The summed E-state index contributed by atoms with van der Waals surface area (Å²) in [7, 11) is 0. The molecule has 0 aliphatic carbocycles. The van der Waals surface area contributed by atoms with Crippen molar-refractivity contribution in [2.45, 2.75) is 32.9 Å². The molecule has 3 nitrogen and oxygen atoms in total. The molecular formula is C12H20N2OS2. The minimum absolute atomic E-state index is 0.0774. The molecule has 0 aliphatic rings. The van der Waals surface area contributed by atoms with Gasteiger partial charge in [-0.2, -0.15) is 11.8 Å². The molecule has 2 amide bonds. The van der Waals surface area contributed by atoms with Gasteiger partial charge in [0, 0.05) is 10.9 Å². The number of aryl methyl sites for hydroxylation is 1. The molecule has 96 valence electrons. The van der Waals surface area contributed by atoms with Crippen molar-refractivity contribution >= 4 is 29.1 Å². The Kier molecular flexibility index (Phi) is 6.44. The fraction of sp³-hybridized carbons (Fsp3) is 0.583. The Morgan fingerprint density at radius 2 is 2.35 bits per heavy atom. The summed E-state index contributed by atoms with van der Waals surface area (Å²) in [4.78, 5) is 12.8. The Bertz CT molecular complexity index is 352. The van der Waals surface area contributed by atoms with Gasteiger partial charge < -0.3 is 10.6 Å². The van der Waals surface area contributed by atoms with E-state index in [2.05, 4.69) is 29.9 Å². The highest BCUT2D eigenvalue weighted by molar-refractivity contribution is 7.98. The monoisotopic (exact) mass is 272 g/mol. The first kappa shape index (κ1) is 14.4. The molecule has 1 atom stereocenters. The van der Waals surface area contributed by atoms with Crippen LogP contribution in [0.25, 0.3) is 0 Å². The number of carbonyl (C=O) groups is 1. The minimum atomic E-state index is -0.0774. The van der Waals surface area contributed by atoms with Gasteiger partial charge in [-0.05, 0) is 49.3 Å². The summed E-state index contributed by atoms with van der Waals surface area (Å²) in [6.07, 6.45) is 3.08. The molecule has 1 heterocycles. The molecule has 0 saturated carbocycles. The zero-order valence-electron chi connectivity index (χ0n) is 10.6. The molecule has 0 aromatic carbocycles. The van der Waals surface area contributed by atoms with Crippen molar-refractivity contribution in [3.05, 3.63) is 21.9 Å². The van der Waals surface area contributed by atoms with Gasteiger partial charge in [-0.25, -0.2) is 4.79 Å². The normalized spacial score (nSPS) is 12.2. The summed E-state index contributed by atoms with van der Waals surface area (Å²) < 4.78 is 0. The van der Waals surface area contributed by atoms with Crippen molar-refractivity contribution < 1.29 is 4.79 Å². The fourth-order valence-electron chi connectivity index (χ4n) is 1.39. The van der Waals surface area contributed by atoms with E-state index >= 15 is 0 Å². The van der Waals surface area contributed by atoms with E-state index < -0.39 is 0 Å². The standard InChI is InChI=1S/C12H20N2OS2/c1-9-4-7-17-11(9)8-13-12(15)14-10(2)5-6-16-3/h4,7,10H,5-6,8H2,1-3H3,(H2,13,14,15). The lowest BCUT2D eigenvalue weighted by molar-refractivity contribution is 0.237. The van der Waals surface area contributed by atoms with Crippen LogP contribution in [0.2, 0.25) is 0 Å². The maximum Gasteiger partial charge on any atom is 0.315 e. The molecule has 1 rings (SSSR count). The van der Waals surface area contributed by atoms with Crippen LogP contribution in [-0.4, -0.2) is 24.1 Å². The maximum absolute atomic E-state index is 11.6. The van der Waals surface area contributed by atoms with Crippen LogP contribution in [0.4, 0.5) is 4.79 Å². The van der Waals surface area contributed by atoms with E-state index in [4.69, 9.17) is 0 Å². The van der Waals surface area contributed by atoms with E-state index in [1.54, 1.807) is 23.1 Å². The molecule has 1 aromatic rings. The quantitative estimate of drug-likeness (QED) is 0.836. The summed E-state index contributed by atoms with van der Waals surface area (Å²) in [5, 5.41) is 7.87. The second kappa shape index (κ2) is 7.61. The molecule has 2 N–H and O–H groups in total. The van der Waals surface area contributed by atoms with Gasteiger partial charge in [-0.3, -0.25) is 0 Å². The first-order valence-electron chi connectivity index (χ1n) is 5.69. The zero-order valence-corrected chi connectivity index (χ0v) is 12.2. The second-order valence-corrected chi connectivity index (χ2v) is 6.02. The van der Waals surface area contributed by atoms with Gasteiger partial charge in [0.25, 0.3) is 0 Å². The third-order valence-electron chi connectivity index (χ3n) is 2.51. The van der Waals surface area contributed by atoms with E-state index in [-0.39, 0.29) is 12.1 Å². The Balaban J connectivity index is 2.23. The molecule has 0 bridgehead atoms. The van der Waals surface area contributed by atoms with Crippen LogP contribution in [0.3, 0.4) is 0 Å². The molecular weight excluding hydrogens is 252 g/mol. The number of carbonyl (C=O) groups excluding carboxylic acids is 1. The highest BCUT2D eigenvalue weighted by Gasteiger charge is 2.07. The van der Waals surface area contributed by atoms with E-state index in [1.165, 1.54) is 10.4 Å². The molecule has 1 aromatic heterocycles. The first-order chi connectivity index (χ1) is 8.13. The van der Waals surface area contributed by atoms with Gasteiger partial charge in [0.1, 0.15) is 0 Å². The van der Waals surface area contributed by atoms with E-state index in [9.17, 15) is 4.79 Å². The zero-order chi connectivity index (χ0) is 12.7. The summed E-state index contributed by atoms with van der Waals surface area (Å²) in [5.41, 5.74) is 1.24. The predicted octanol–water partition coefficient (Wildman–Crippen LogP) is 3.00. The number of hydrogen-bond acceptors (Lipinski definition) is 3. The van der Waals surface area contributed by atoms with Crippen LogP contribution < -0.4 is 10.6 Å². The molecule has 1 unspecified atom stereocenters. The van der Waals surface area contributed by atoms with Crippen LogP contribution in [-0.2, 0) is 6.54 Å². The average Bonchev–Trinajstić information content (AvgIpc) is 2.69. The number of amides is 2. The maximum atomic E-state index is 11.6. The lowest BCUT2D eigenvalue weighted by Crippen LogP contribution is -2.40. The van der Waals surface area contributed by atoms with Crippen molar-refractivity contribution in [2.75, 3.05) is 12.0 Å². The topological polar surface area (TPSA) is 41.1 Å². The highest BCUT2D eigenvalue weighted by atomic mass is 32.2. The Hall–Kier alpha value is -0.680. The molecule has 0 aliphatic heterocycles. The molecule has 0 fully saturated rings. The van der Waals surface area contributed by atoms with Gasteiger partial charge in [-0.15, -0.1) is 11.3 Å². The highest BCUT2D eigenvalue weighted by Crippen LogP contribution is 2.14. The van der Waals surface area contributed by atoms with Gasteiger partial charge in [0.2, 0.25) is 0 Å². The van der Waals surface area contributed by atoms with Crippen LogP contribution in [0.15, 0.2) is 11.4 Å². The number of nitrogens with one attached hydrogen (secondary N) is 2. The Morgan fingerprint density at radius 3 is 2.94 bits per heavy atom. The van der Waals surface area contributed by atoms with Crippen molar-refractivity contribution in [3.8, 4) is 0 Å². The Labute approximate surface area is 111 Å². The smallest absolute Gasteiger partial charge is 0.315 e. The van der Waals surface area contributed by atoms with Gasteiger partial charge in [-0.1, -0.05) is 0 Å². The number of hydrogen-bond donors (Lipinski definition) is 2. The molecule has 17 heavy (non-hydrogen) atoms. The van der Waals surface area contributed by atoms with Gasteiger partial charge in [0.15, 0.2) is 0 Å². The van der Waals surface area contributed by atoms with E-state index in [1.807, 2.05) is 12.3 Å². The van der Waals surface area contributed by atoms with Crippen molar-refractivity contribution in [1.82, 2.24) is 10.6 Å². The van der Waals surface area contributed by atoms with Crippen LogP contribution >= 0.6 is 23.1 Å². The summed E-state index contributed by atoms with van der Waals surface area (Å²) in [6.45, 7) is 4.71. The average molecular weight is 272 g/mol. The van der Waals surface area contributed by atoms with Crippen molar-refractivity contribution in [1.29, 1.82) is 0 Å². The van der Waals surface area contributed by atoms with Crippen LogP contribution in [0.5, 0.6) is 0 Å².